The van der Waals surface area contributed by atoms with Crippen molar-refractivity contribution in [3.05, 3.63) is 23.8 Å². The third kappa shape index (κ3) is 5.49. The molecule has 0 spiro atoms. The fraction of sp³-hybridized carbons (Fsp3) is 0.667. The molecular weight excluding hydrogens is 390 g/mol. The van der Waals surface area contributed by atoms with Crippen LogP contribution in [0.4, 0.5) is 5.69 Å². The second kappa shape index (κ2) is 10.4. The number of amides is 1. The average molecular weight is 426 g/mol. The van der Waals surface area contributed by atoms with Crippen molar-refractivity contribution in [1.82, 2.24) is 9.21 Å². The Morgan fingerprint density at radius 1 is 1.14 bits per heavy atom. The minimum Gasteiger partial charge on any atom is -0.378 e. The molecule has 1 heterocycles. The van der Waals surface area contributed by atoms with Gasteiger partial charge in [-0.25, -0.2) is 12.7 Å². The molecule has 1 aromatic rings. The Kier molecular flexibility index (Phi) is 8.48. The average Bonchev–Trinajstić information content (AvgIpc) is 2.74. The van der Waals surface area contributed by atoms with Crippen LogP contribution in [0, 0.1) is 5.92 Å². The normalized spacial score (nSPS) is 15.2. The summed E-state index contributed by atoms with van der Waals surface area (Å²) in [5.41, 5.74) is 1.22. The Hall–Kier alpha value is -1.64. The maximum atomic E-state index is 13.5. The number of hydrogen-bond acceptors (Lipinski definition) is 5. The van der Waals surface area contributed by atoms with Crippen LogP contribution in [0.1, 0.15) is 44.0 Å². The molecule has 1 amide bonds. The van der Waals surface area contributed by atoms with Crippen LogP contribution in [0.2, 0.25) is 0 Å². The van der Waals surface area contributed by atoms with Crippen molar-refractivity contribution in [3.63, 3.8) is 0 Å². The molecular formula is C21H35N3O4S. The summed E-state index contributed by atoms with van der Waals surface area (Å²) in [5.74, 6) is 0.316. The molecule has 164 valence electrons. The van der Waals surface area contributed by atoms with Crippen LogP contribution >= 0.6 is 0 Å². The standard InChI is InChI=1S/C21H35N3O4S/c1-6-17(7-2)16-23(8-3)21(25)19-15-18(29(26,27)22(4)5)9-10-20(19)24-11-13-28-14-12-24/h9-10,15,17H,6-8,11-14,16H2,1-5H3. The van der Waals surface area contributed by atoms with E-state index in [9.17, 15) is 13.2 Å². The Balaban J connectivity index is 2.50. The maximum absolute atomic E-state index is 13.5. The van der Waals surface area contributed by atoms with E-state index in [-0.39, 0.29) is 10.8 Å². The van der Waals surface area contributed by atoms with E-state index in [1.807, 2.05) is 11.8 Å². The summed E-state index contributed by atoms with van der Waals surface area (Å²) in [6.07, 6.45) is 2.01. The fourth-order valence-corrected chi connectivity index (χ4v) is 4.45. The molecule has 0 saturated carbocycles. The number of morpholine rings is 1. The molecule has 0 aromatic heterocycles. The van der Waals surface area contributed by atoms with Gasteiger partial charge >= 0.3 is 0 Å². The summed E-state index contributed by atoms with van der Waals surface area (Å²) in [6, 6.07) is 4.89. The predicted octanol–water partition coefficient (Wildman–Crippen LogP) is 2.67. The molecule has 2 rings (SSSR count). The highest BCUT2D eigenvalue weighted by Crippen LogP contribution is 2.28. The van der Waals surface area contributed by atoms with Gasteiger partial charge in [-0.1, -0.05) is 26.7 Å². The molecule has 8 heteroatoms. The van der Waals surface area contributed by atoms with Crippen molar-refractivity contribution in [2.24, 2.45) is 5.92 Å². The van der Waals surface area contributed by atoms with Crippen molar-refractivity contribution in [2.45, 2.75) is 38.5 Å². The zero-order valence-corrected chi connectivity index (χ0v) is 19.2. The molecule has 0 N–H and O–H groups in total. The van der Waals surface area contributed by atoms with E-state index in [4.69, 9.17) is 4.74 Å². The number of nitrogens with zero attached hydrogens (tertiary/aromatic N) is 3. The highest BCUT2D eigenvalue weighted by atomic mass is 32.2. The van der Waals surface area contributed by atoms with Gasteiger partial charge in [0.2, 0.25) is 10.0 Å². The maximum Gasteiger partial charge on any atom is 0.256 e. The number of anilines is 1. The molecule has 0 radical (unpaired) electrons. The Morgan fingerprint density at radius 2 is 1.76 bits per heavy atom. The molecule has 1 aromatic carbocycles. The van der Waals surface area contributed by atoms with E-state index in [1.54, 1.807) is 12.1 Å². The number of sulfonamides is 1. The minimum absolute atomic E-state index is 0.114. The Labute approximate surface area is 175 Å². The van der Waals surface area contributed by atoms with Gasteiger partial charge in [-0.3, -0.25) is 4.79 Å². The van der Waals surface area contributed by atoms with Gasteiger partial charge in [-0.05, 0) is 31.0 Å². The van der Waals surface area contributed by atoms with Crippen LogP contribution in [0.15, 0.2) is 23.1 Å². The quantitative estimate of drug-likeness (QED) is 0.608. The number of rotatable bonds is 9. The lowest BCUT2D eigenvalue weighted by Gasteiger charge is -2.32. The largest absolute Gasteiger partial charge is 0.378 e. The number of benzene rings is 1. The second-order valence-corrected chi connectivity index (χ2v) is 9.74. The lowest BCUT2D eigenvalue weighted by atomic mass is 10.0. The zero-order valence-electron chi connectivity index (χ0n) is 18.3. The smallest absolute Gasteiger partial charge is 0.256 e. The van der Waals surface area contributed by atoms with Gasteiger partial charge in [0.25, 0.3) is 5.91 Å². The van der Waals surface area contributed by atoms with E-state index in [0.717, 1.165) is 18.5 Å². The van der Waals surface area contributed by atoms with E-state index in [1.165, 1.54) is 24.5 Å². The molecule has 7 nitrogen and oxygen atoms in total. The van der Waals surface area contributed by atoms with Crippen LogP contribution in [-0.2, 0) is 14.8 Å². The summed E-state index contributed by atoms with van der Waals surface area (Å²) in [5, 5.41) is 0. The van der Waals surface area contributed by atoms with Gasteiger partial charge in [-0.2, -0.15) is 0 Å². The van der Waals surface area contributed by atoms with Crippen LogP contribution in [0.5, 0.6) is 0 Å². The third-order valence-corrected chi connectivity index (χ3v) is 7.44. The van der Waals surface area contributed by atoms with Crippen molar-refractivity contribution in [1.29, 1.82) is 0 Å². The van der Waals surface area contributed by atoms with Gasteiger partial charge in [-0.15, -0.1) is 0 Å². The molecule has 0 atom stereocenters. The van der Waals surface area contributed by atoms with E-state index in [2.05, 4.69) is 18.7 Å². The van der Waals surface area contributed by atoms with Crippen LogP contribution < -0.4 is 4.90 Å². The van der Waals surface area contributed by atoms with E-state index in [0.29, 0.717) is 50.9 Å². The Bertz CT molecular complexity index is 785. The monoisotopic (exact) mass is 425 g/mol. The van der Waals surface area contributed by atoms with Crippen molar-refractivity contribution in [2.75, 3.05) is 58.4 Å². The van der Waals surface area contributed by atoms with Crippen LogP contribution in [0.3, 0.4) is 0 Å². The van der Waals surface area contributed by atoms with E-state index < -0.39 is 10.0 Å². The molecule has 29 heavy (non-hydrogen) atoms. The second-order valence-electron chi connectivity index (χ2n) is 7.59. The van der Waals surface area contributed by atoms with Gasteiger partial charge in [0.1, 0.15) is 0 Å². The molecule has 1 aliphatic heterocycles. The van der Waals surface area contributed by atoms with Gasteiger partial charge in [0.05, 0.1) is 23.7 Å². The number of carbonyl (C=O) groups excluding carboxylic acids is 1. The van der Waals surface area contributed by atoms with E-state index >= 15 is 0 Å². The number of hydrogen-bond donors (Lipinski definition) is 0. The molecule has 1 saturated heterocycles. The van der Waals surface area contributed by atoms with Gasteiger partial charge in [0.15, 0.2) is 0 Å². The minimum atomic E-state index is -3.63. The van der Waals surface area contributed by atoms with Crippen LogP contribution in [0.25, 0.3) is 0 Å². The summed E-state index contributed by atoms with van der Waals surface area (Å²) in [7, 11) is -0.629. The summed E-state index contributed by atoms with van der Waals surface area (Å²) < 4.78 is 32.0. The zero-order chi connectivity index (χ0) is 21.6. The molecule has 0 unspecified atom stereocenters. The molecule has 1 aliphatic rings. The predicted molar refractivity (Wildman–Crippen MR) is 116 cm³/mol. The molecule has 1 fully saturated rings. The SMILES string of the molecule is CCC(CC)CN(CC)C(=O)c1cc(S(=O)(=O)N(C)C)ccc1N1CCOCC1. The topological polar surface area (TPSA) is 70.2 Å². The first-order valence-electron chi connectivity index (χ1n) is 10.4. The first-order chi connectivity index (χ1) is 13.8. The third-order valence-electron chi connectivity index (χ3n) is 5.63. The lowest BCUT2D eigenvalue weighted by Crippen LogP contribution is -2.40. The highest BCUT2D eigenvalue weighted by Gasteiger charge is 2.27. The first-order valence-corrected chi connectivity index (χ1v) is 11.9. The van der Waals surface area contributed by atoms with Crippen LogP contribution in [-0.4, -0.2) is 77.0 Å². The first kappa shape index (κ1) is 23.6. The molecule has 0 aliphatic carbocycles. The fourth-order valence-electron chi connectivity index (χ4n) is 3.52. The Morgan fingerprint density at radius 3 is 2.28 bits per heavy atom. The van der Waals surface area contributed by atoms with Gasteiger partial charge < -0.3 is 14.5 Å². The van der Waals surface area contributed by atoms with Gasteiger partial charge in [0, 0.05) is 46.0 Å². The number of carbonyl (C=O) groups is 1. The summed E-state index contributed by atoms with van der Waals surface area (Å²) >= 11 is 0. The van der Waals surface area contributed by atoms with Crippen molar-refractivity contribution >= 4 is 21.6 Å². The summed E-state index contributed by atoms with van der Waals surface area (Å²) in [4.78, 5) is 17.6. The highest BCUT2D eigenvalue weighted by molar-refractivity contribution is 7.89. The summed E-state index contributed by atoms with van der Waals surface area (Å²) in [6.45, 7) is 10.0. The lowest BCUT2D eigenvalue weighted by molar-refractivity contribution is 0.0734. The van der Waals surface area contributed by atoms with Crippen molar-refractivity contribution < 1.29 is 17.9 Å². The molecule has 0 bridgehead atoms. The number of ether oxygens (including phenoxy) is 1. The van der Waals surface area contributed by atoms with Crippen molar-refractivity contribution in [3.8, 4) is 0 Å².